The fourth-order valence-electron chi connectivity index (χ4n) is 2.46. The Balaban J connectivity index is 1.90. The first-order valence-corrected chi connectivity index (χ1v) is 9.38. The summed E-state index contributed by atoms with van der Waals surface area (Å²) < 4.78 is 5.68. The lowest BCUT2D eigenvalue weighted by Crippen LogP contribution is -2.38. The number of benzene rings is 1. The summed E-state index contributed by atoms with van der Waals surface area (Å²) in [7, 11) is 3.83. The molecule has 1 aromatic heterocycles. The minimum absolute atomic E-state index is 0.239. The van der Waals surface area contributed by atoms with E-state index in [9.17, 15) is 0 Å². The maximum atomic E-state index is 5.68. The van der Waals surface area contributed by atoms with E-state index in [2.05, 4.69) is 63.7 Å². The minimum Gasteiger partial charge on any atom is -0.374 e. The summed E-state index contributed by atoms with van der Waals surface area (Å²) in [6.45, 7) is 8.24. The number of nitrogens with one attached hydrogen (secondary N) is 1. The lowest BCUT2D eigenvalue weighted by Gasteiger charge is -2.21. The standard InChI is InChI=1S/C19H28N4OS/c1-14(2)24-12-17-8-6-7-16(9-17)10-21-19(20-4)23(5)11-18-13-25-15(3)22-18/h6-9,13-14H,10-12H2,1-5H3,(H,20,21). The van der Waals surface area contributed by atoms with E-state index in [1.807, 2.05) is 14.0 Å². The van der Waals surface area contributed by atoms with Crippen LogP contribution in [0.25, 0.3) is 0 Å². The first kappa shape index (κ1) is 19.4. The number of aromatic nitrogens is 1. The second kappa shape index (κ2) is 9.53. The largest absolute Gasteiger partial charge is 0.374 e. The van der Waals surface area contributed by atoms with Crippen molar-refractivity contribution in [3.63, 3.8) is 0 Å². The Bertz CT molecular complexity index is 696. The summed E-state index contributed by atoms with van der Waals surface area (Å²) in [6, 6.07) is 8.45. The van der Waals surface area contributed by atoms with Crippen LogP contribution in [0.1, 0.15) is 35.7 Å². The number of rotatable bonds is 7. The molecule has 136 valence electrons. The van der Waals surface area contributed by atoms with Crippen LogP contribution >= 0.6 is 11.3 Å². The molecule has 6 heteroatoms. The molecule has 0 aliphatic carbocycles. The van der Waals surface area contributed by atoms with Crippen molar-refractivity contribution in [1.29, 1.82) is 0 Å². The van der Waals surface area contributed by atoms with Gasteiger partial charge in [-0.05, 0) is 31.9 Å². The molecule has 0 saturated heterocycles. The third-order valence-electron chi connectivity index (χ3n) is 3.66. The highest BCUT2D eigenvalue weighted by molar-refractivity contribution is 7.09. The highest BCUT2D eigenvalue weighted by Crippen LogP contribution is 2.11. The molecule has 1 N–H and O–H groups in total. The molecule has 0 unspecified atom stereocenters. The number of guanidine groups is 1. The van der Waals surface area contributed by atoms with Gasteiger partial charge in [-0.1, -0.05) is 24.3 Å². The lowest BCUT2D eigenvalue weighted by molar-refractivity contribution is 0.0657. The van der Waals surface area contributed by atoms with Gasteiger partial charge in [0.25, 0.3) is 0 Å². The predicted molar refractivity (Wildman–Crippen MR) is 105 cm³/mol. The van der Waals surface area contributed by atoms with Crippen LogP contribution in [0.3, 0.4) is 0 Å². The summed E-state index contributed by atoms with van der Waals surface area (Å²) in [5, 5.41) is 6.60. The van der Waals surface area contributed by atoms with E-state index in [1.54, 1.807) is 18.4 Å². The zero-order valence-electron chi connectivity index (χ0n) is 15.7. The Kier molecular flexibility index (Phi) is 7.40. The molecule has 1 aromatic carbocycles. The fourth-order valence-corrected chi connectivity index (χ4v) is 3.06. The van der Waals surface area contributed by atoms with Crippen LogP contribution in [-0.2, 0) is 24.4 Å². The number of aryl methyl sites for hydroxylation is 1. The molecule has 0 aliphatic rings. The van der Waals surface area contributed by atoms with Gasteiger partial charge in [-0.2, -0.15) is 0 Å². The molecule has 0 bridgehead atoms. The zero-order chi connectivity index (χ0) is 18.2. The first-order chi connectivity index (χ1) is 12.0. The Hall–Kier alpha value is -1.92. The molecule has 0 saturated carbocycles. The van der Waals surface area contributed by atoms with Crippen molar-refractivity contribution in [2.24, 2.45) is 4.99 Å². The molecule has 0 aliphatic heterocycles. The monoisotopic (exact) mass is 360 g/mol. The highest BCUT2D eigenvalue weighted by atomic mass is 32.1. The van der Waals surface area contributed by atoms with Gasteiger partial charge in [0, 0.05) is 26.0 Å². The van der Waals surface area contributed by atoms with Crippen LogP contribution in [0.4, 0.5) is 0 Å². The summed E-state index contributed by atoms with van der Waals surface area (Å²) in [5.74, 6) is 0.856. The Morgan fingerprint density at radius 1 is 1.36 bits per heavy atom. The second-order valence-corrected chi connectivity index (χ2v) is 7.36. The molecule has 25 heavy (non-hydrogen) atoms. The van der Waals surface area contributed by atoms with E-state index in [-0.39, 0.29) is 6.10 Å². The van der Waals surface area contributed by atoms with Crippen molar-refractivity contribution >= 4 is 17.3 Å². The van der Waals surface area contributed by atoms with Gasteiger partial charge in [0.05, 0.1) is 30.0 Å². The third kappa shape index (κ3) is 6.48. The molecule has 0 amide bonds. The molecule has 0 atom stereocenters. The summed E-state index contributed by atoms with van der Waals surface area (Å²) >= 11 is 1.67. The molecular weight excluding hydrogens is 332 g/mol. The normalized spacial score (nSPS) is 11.8. The van der Waals surface area contributed by atoms with Gasteiger partial charge in [-0.25, -0.2) is 4.98 Å². The Morgan fingerprint density at radius 2 is 2.12 bits per heavy atom. The van der Waals surface area contributed by atoms with Gasteiger partial charge in [-0.3, -0.25) is 4.99 Å². The van der Waals surface area contributed by atoms with Crippen LogP contribution in [0.15, 0.2) is 34.6 Å². The zero-order valence-corrected chi connectivity index (χ0v) is 16.6. The van der Waals surface area contributed by atoms with Crippen LogP contribution in [0, 0.1) is 6.92 Å². The Morgan fingerprint density at radius 3 is 2.76 bits per heavy atom. The van der Waals surface area contributed by atoms with Gasteiger partial charge >= 0.3 is 0 Å². The number of ether oxygens (including phenoxy) is 1. The van der Waals surface area contributed by atoms with Crippen LogP contribution < -0.4 is 5.32 Å². The number of nitrogens with zero attached hydrogens (tertiary/aromatic N) is 3. The summed E-state index contributed by atoms with van der Waals surface area (Å²) in [6.07, 6.45) is 0.239. The molecular formula is C19H28N4OS. The quantitative estimate of drug-likeness (QED) is 0.606. The van der Waals surface area contributed by atoms with Gasteiger partial charge in [-0.15, -0.1) is 11.3 Å². The van der Waals surface area contributed by atoms with Crippen molar-refractivity contribution in [1.82, 2.24) is 15.2 Å². The average molecular weight is 361 g/mol. The number of hydrogen-bond donors (Lipinski definition) is 1. The smallest absolute Gasteiger partial charge is 0.194 e. The van der Waals surface area contributed by atoms with E-state index in [0.29, 0.717) is 6.61 Å². The van der Waals surface area contributed by atoms with E-state index >= 15 is 0 Å². The van der Waals surface area contributed by atoms with Gasteiger partial charge in [0.15, 0.2) is 5.96 Å². The van der Waals surface area contributed by atoms with Gasteiger partial charge < -0.3 is 15.0 Å². The number of aliphatic imine (C=N–C) groups is 1. The maximum Gasteiger partial charge on any atom is 0.194 e. The third-order valence-corrected chi connectivity index (χ3v) is 4.49. The molecule has 1 heterocycles. The minimum atomic E-state index is 0.239. The lowest BCUT2D eigenvalue weighted by atomic mass is 10.1. The maximum absolute atomic E-state index is 5.68. The fraction of sp³-hybridized carbons (Fsp3) is 0.474. The molecule has 2 rings (SSSR count). The first-order valence-electron chi connectivity index (χ1n) is 8.50. The van der Waals surface area contributed by atoms with Crippen molar-refractivity contribution in [2.45, 2.75) is 46.6 Å². The highest BCUT2D eigenvalue weighted by Gasteiger charge is 2.09. The number of hydrogen-bond acceptors (Lipinski definition) is 4. The van der Waals surface area contributed by atoms with Crippen molar-refractivity contribution in [2.75, 3.05) is 14.1 Å². The van der Waals surface area contributed by atoms with Crippen molar-refractivity contribution in [3.05, 3.63) is 51.5 Å². The van der Waals surface area contributed by atoms with E-state index in [0.717, 1.165) is 29.8 Å². The van der Waals surface area contributed by atoms with E-state index in [4.69, 9.17) is 4.74 Å². The molecule has 0 radical (unpaired) electrons. The van der Waals surface area contributed by atoms with Crippen molar-refractivity contribution in [3.8, 4) is 0 Å². The topological polar surface area (TPSA) is 49.8 Å². The van der Waals surface area contributed by atoms with Crippen LogP contribution in [0.5, 0.6) is 0 Å². The molecule has 0 spiro atoms. The van der Waals surface area contributed by atoms with Gasteiger partial charge in [0.1, 0.15) is 0 Å². The van der Waals surface area contributed by atoms with Crippen molar-refractivity contribution < 1.29 is 4.74 Å². The molecule has 5 nitrogen and oxygen atoms in total. The van der Waals surface area contributed by atoms with E-state index < -0.39 is 0 Å². The number of thiazole rings is 1. The molecule has 0 fully saturated rings. The molecule has 2 aromatic rings. The van der Waals surface area contributed by atoms with Crippen LogP contribution in [0.2, 0.25) is 0 Å². The van der Waals surface area contributed by atoms with Crippen LogP contribution in [-0.4, -0.2) is 36.0 Å². The summed E-state index contributed by atoms with van der Waals surface area (Å²) in [5.41, 5.74) is 3.47. The summed E-state index contributed by atoms with van der Waals surface area (Å²) in [4.78, 5) is 11.0. The van der Waals surface area contributed by atoms with Gasteiger partial charge in [0.2, 0.25) is 0 Å². The van der Waals surface area contributed by atoms with E-state index in [1.165, 1.54) is 11.1 Å². The average Bonchev–Trinajstić information content (AvgIpc) is 2.99. The predicted octanol–water partition coefficient (Wildman–Crippen LogP) is 3.58. The SMILES string of the molecule is CN=C(NCc1cccc(COC(C)C)c1)N(C)Cc1csc(C)n1. The second-order valence-electron chi connectivity index (χ2n) is 6.29. The Labute approximate surface area is 154 Å².